The Hall–Kier alpha value is -3.75. The summed E-state index contributed by atoms with van der Waals surface area (Å²) in [7, 11) is 2.14. The van der Waals surface area contributed by atoms with Gasteiger partial charge in [-0.15, -0.1) is 0 Å². The van der Waals surface area contributed by atoms with E-state index in [0.29, 0.717) is 18.2 Å². The summed E-state index contributed by atoms with van der Waals surface area (Å²) in [5.41, 5.74) is 3.69. The number of aryl methyl sites for hydroxylation is 2. The van der Waals surface area contributed by atoms with Gasteiger partial charge in [0.05, 0.1) is 23.1 Å². The maximum atomic E-state index is 6.27. The van der Waals surface area contributed by atoms with Crippen LogP contribution in [0.15, 0.2) is 61.1 Å². The van der Waals surface area contributed by atoms with E-state index < -0.39 is 0 Å². The van der Waals surface area contributed by atoms with Crippen molar-refractivity contribution in [2.75, 3.05) is 38.6 Å². The molecule has 0 radical (unpaired) electrons. The molecule has 8 nitrogen and oxygen atoms in total. The van der Waals surface area contributed by atoms with E-state index in [1.54, 1.807) is 12.5 Å². The number of pyridine rings is 1. The Labute approximate surface area is 205 Å². The maximum Gasteiger partial charge on any atom is 0.145 e. The number of rotatable bonds is 7. The van der Waals surface area contributed by atoms with Crippen LogP contribution >= 0.6 is 0 Å². The van der Waals surface area contributed by atoms with E-state index >= 15 is 0 Å². The molecule has 8 heteroatoms. The maximum absolute atomic E-state index is 6.27. The number of hydrogen-bond acceptors (Lipinski definition) is 8. The number of hydrogen-bond donors (Lipinski definition) is 2. The number of anilines is 2. The number of nitrogens with zero attached hydrogens (tertiary/aromatic N) is 4. The van der Waals surface area contributed by atoms with Crippen LogP contribution < -0.4 is 20.1 Å². The Kier molecular flexibility index (Phi) is 6.74. The molecule has 1 atom stereocenters. The van der Waals surface area contributed by atoms with Crippen molar-refractivity contribution in [1.82, 2.24) is 25.2 Å². The molecule has 0 bridgehead atoms. The smallest absolute Gasteiger partial charge is 0.145 e. The second kappa shape index (κ2) is 10.2. The molecule has 0 unspecified atom stereocenters. The van der Waals surface area contributed by atoms with Gasteiger partial charge in [-0.1, -0.05) is 6.07 Å². The van der Waals surface area contributed by atoms with Gasteiger partial charge in [0.2, 0.25) is 0 Å². The molecule has 0 saturated carbocycles. The van der Waals surface area contributed by atoms with E-state index in [9.17, 15) is 0 Å². The van der Waals surface area contributed by atoms with Gasteiger partial charge in [0.25, 0.3) is 0 Å². The Morgan fingerprint density at radius 3 is 2.77 bits per heavy atom. The number of nitrogens with one attached hydrogen (secondary N) is 2. The van der Waals surface area contributed by atoms with E-state index in [2.05, 4.69) is 37.5 Å². The lowest BCUT2D eigenvalue weighted by Gasteiger charge is -2.30. The largest absolute Gasteiger partial charge is 0.491 e. The van der Waals surface area contributed by atoms with E-state index in [4.69, 9.17) is 9.47 Å². The summed E-state index contributed by atoms with van der Waals surface area (Å²) in [6, 6.07) is 16.0. The summed E-state index contributed by atoms with van der Waals surface area (Å²) >= 11 is 0. The lowest BCUT2D eigenvalue weighted by molar-refractivity contribution is 0.181. The number of piperazine rings is 1. The van der Waals surface area contributed by atoms with Crippen molar-refractivity contribution in [3.8, 4) is 17.2 Å². The van der Waals surface area contributed by atoms with Crippen LogP contribution in [0.4, 0.5) is 11.5 Å². The molecular weight excluding hydrogens is 440 g/mol. The van der Waals surface area contributed by atoms with Crippen molar-refractivity contribution in [1.29, 1.82) is 0 Å². The highest BCUT2D eigenvalue weighted by atomic mass is 16.5. The highest BCUT2D eigenvalue weighted by Gasteiger charge is 2.18. The summed E-state index contributed by atoms with van der Waals surface area (Å²) in [6.45, 7) is 7.53. The van der Waals surface area contributed by atoms with Crippen LogP contribution in [-0.2, 0) is 0 Å². The third kappa shape index (κ3) is 5.50. The molecule has 0 spiro atoms. The molecule has 3 heterocycles. The van der Waals surface area contributed by atoms with Crippen LogP contribution in [0.25, 0.3) is 10.9 Å². The number of benzene rings is 2. The van der Waals surface area contributed by atoms with Crippen LogP contribution in [0.1, 0.15) is 11.3 Å². The lowest BCUT2D eigenvalue weighted by atomic mass is 10.1. The standard InChI is InChI=1S/C27H30N6O2/c1-18-13-20(8-10-24(18)35-22-9-7-19(2)29-14-22)32-27-26-23(30-17-31-27)5-4-6-25(26)34-16-21-15-33(3)12-11-28-21/h4-10,13-14,17,21,28H,11-12,15-16H2,1-3H3,(H,30,31,32)/t21-/m1/s1. The number of aromatic nitrogens is 3. The Bertz CT molecular complexity index is 1310. The molecule has 1 saturated heterocycles. The van der Waals surface area contributed by atoms with Gasteiger partial charge in [-0.3, -0.25) is 4.98 Å². The average molecular weight is 471 g/mol. The molecule has 2 aromatic carbocycles. The Balaban J connectivity index is 1.36. The van der Waals surface area contributed by atoms with Crippen molar-refractivity contribution in [3.05, 3.63) is 72.3 Å². The normalized spacial score (nSPS) is 16.3. The first-order chi connectivity index (χ1) is 17.0. The number of ether oxygens (including phenoxy) is 2. The minimum absolute atomic E-state index is 0.281. The minimum Gasteiger partial charge on any atom is -0.491 e. The first-order valence-corrected chi connectivity index (χ1v) is 11.8. The summed E-state index contributed by atoms with van der Waals surface area (Å²) in [5, 5.41) is 7.84. The van der Waals surface area contributed by atoms with E-state index in [0.717, 1.165) is 59.0 Å². The fourth-order valence-electron chi connectivity index (χ4n) is 4.21. The molecule has 4 aromatic rings. The fraction of sp³-hybridized carbons (Fsp3) is 0.296. The zero-order valence-corrected chi connectivity index (χ0v) is 20.3. The predicted molar refractivity (Wildman–Crippen MR) is 138 cm³/mol. The van der Waals surface area contributed by atoms with Crippen LogP contribution in [0, 0.1) is 13.8 Å². The third-order valence-electron chi connectivity index (χ3n) is 6.07. The predicted octanol–water partition coefficient (Wildman–Crippen LogP) is 4.46. The van der Waals surface area contributed by atoms with E-state index in [1.165, 1.54) is 0 Å². The van der Waals surface area contributed by atoms with Crippen LogP contribution in [0.3, 0.4) is 0 Å². The zero-order valence-electron chi connectivity index (χ0n) is 20.3. The second-order valence-corrected chi connectivity index (χ2v) is 8.94. The van der Waals surface area contributed by atoms with E-state index in [1.807, 2.05) is 62.4 Å². The quantitative estimate of drug-likeness (QED) is 0.410. The van der Waals surface area contributed by atoms with Gasteiger partial charge in [-0.25, -0.2) is 9.97 Å². The Morgan fingerprint density at radius 2 is 1.97 bits per heavy atom. The molecule has 5 rings (SSSR count). The first-order valence-electron chi connectivity index (χ1n) is 11.8. The van der Waals surface area contributed by atoms with Crippen molar-refractivity contribution < 1.29 is 9.47 Å². The highest BCUT2D eigenvalue weighted by Crippen LogP contribution is 2.33. The molecule has 2 aromatic heterocycles. The monoisotopic (exact) mass is 470 g/mol. The van der Waals surface area contributed by atoms with Crippen LogP contribution in [0.2, 0.25) is 0 Å². The van der Waals surface area contributed by atoms with Gasteiger partial charge in [0.15, 0.2) is 0 Å². The van der Waals surface area contributed by atoms with Gasteiger partial charge >= 0.3 is 0 Å². The van der Waals surface area contributed by atoms with Crippen LogP contribution in [0.5, 0.6) is 17.2 Å². The zero-order chi connectivity index (χ0) is 24.2. The van der Waals surface area contributed by atoms with E-state index in [-0.39, 0.29) is 6.04 Å². The summed E-state index contributed by atoms with van der Waals surface area (Å²) in [6.07, 6.45) is 3.30. The lowest BCUT2D eigenvalue weighted by Crippen LogP contribution is -2.51. The molecule has 0 aliphatic carbocycles. The van der Waals surface area contributed by atoms with Gasteiger partial charge < -0.3 is 25.0 Å². The second-order valence-electron chi connectivity index (χ2n) is 8.94. The van der Waals surface area contributed by atoms with Crippen molar-refractivity contribution in [3.63, 3.8) is 0 Å². The summed E-state index contributed by atoms with van der Waals surface area (Å²) in [4.78, 5) is 15.6. The molecule has 180 valence electrons. The number of fused-ring (bicyclic) bond motifs is 1. The van der Waals surface area contributed by atoms with Crippen molar-refractivity contribution >= 4 is 22.4 Å². The molecule has 0 amide bonds. The molecular formula is C27H30N6O2. The number of likely N-dealkylation sites (N-methyl/N-ethyl adjacent to an activating group) is 1. The van der Waals surface area contributed by atoms with Gasteiger partial charge in [-0.05, 0) is 68.9 Å². The third-order valence-corrected chi connectivity index (χ3v) is 6.07. The van der Waals surface area contributed by atoms with Gasteiger partial charge in [0, 0.05) is 31.0 Å². The summed E-state index contributed by atoms with van der Waals surface area (Å²) in [5.74, 6) is 2.96. The fourth-order valence-corrected chi connectivity index (χ4v) is 4.21. The molecule has 35 heavy (non-hydrogen) atoms. The van der Waals surface area contributed by atoms with Crippen molar-refractivity contribution in [2.24, 2.45) is 0 Å². The molecule has 2 N–H and O–H groups in total. The van der Waals surface area contributed by atoms with Crippen LogP contribution in [-0.4, -0.2) is 59.2 Å². The van der Waals surface area contributed by atoms with Crippen molar-refractivity contribution in [2.45, 2.75) is 19.9 Å². The molecule has 1 fully saturated rings. The molecule has 1 aliphatic rings. The van der Waals surface area contributed by atoms with Gasteiger partial charge in [0.1, 0.15) is 36.0 Å². The molecule has 1 aliphatic heterocycles. The SMILES string of the molecule is Cc1ccc(Oc2ccc(Nc3ncnc4cccc(OC[C@H]5CN(C)CCN5)c34)cc2C)cn1. The van der Waals surface area contributed by atoms with Gasteiger partial charge in [-0.2, -0.15) is 0 Å². The minimum atomic E-state index is 0.281. The average Bonchev–Trinajstić information content (AvgIpc) is 2.86. The highest BCUT2D eigenvalue weighted by molar-refractivity contribution is 5.95. The first kappa shape index (κ1) is 23.0. The summed E-state index contributed by atoms with van der Waals surface area (Å²) < 4.78 is 12.3. The topological polar surface area (TPSA) is 84.4 Å². The Morgan fingerprint density at radius 1 is 1.06 bits per heavy atom.